The van der Waals surface area contributed by atoms with Gasteiger partial charge in [0.2, 0.25) is 5.89 Å². The van der Waals surface area contributed by atoms with Crippen LogP contribution in [0, 0.1) is 0 Å². The van der Waals surface area contributed by atoms with E-state index in [1.165, 1.54) is 31.3 Å². The Bertz CT molecular complexity index is 2480. The average Bonchev–Trinajstić information content (AvgIpc) is 3.72. The first-order valence-corrected chi connectivity index (χ1v) is 15.9. The quantitative estimate of drug-likeness (QED) is 0.198. The van der Waals surface area contributed by atoms with Gasteiger partial charge >= 0.3 is 0 Å². The molecule has 2 heterocycles. The van der Waals surface area contributed by atoms with Crippen LogP contribution in [0.2, 0.25) is 0 Å². The van der Waals surface area contributed by atoms with Gasteiger partial charge in [-0.15, -0.1) is 11.3 Å². The number of oxazole rings is 1. The standard InChI is InChI=1S/C41H26N2OS/c1-3-10-28(11-4-1)41-42-40-34-24-23-32(26-29(34)20-25-36(40)44-41)43(30-12-5-2-6-13-30)31-21-18-27(19-22-31)33-15-9-17-38-39(33)35-14-7-8-16-37(35)45-38/h1-26H. The minimum absolute atomic E-state index is 0.638. The molecule has 0 bridgehead atoms. The Labute approximate surface area is 264 Å². The van der Waals surface area contributed by atoms with E-state index >= 15 is 0 Å². The molecule has 0 aliphatic rings. The van der Waals surface area contributed by atoms with Crippen LogP contribution in [0.4, 0.5) is 17.1 Å². The number of nitrogens with zero attached hydrogens (tertiary/aromatic N) is 2. The number of hydrogen-bond acceptors (Lipinski definition) is 4. The van der Waals surface area contributed by atoms with E-state index in [0.29, 0.717) is 5.89 Å². The van der Waals surface area contributed by atoms with E-state index in [9.17, 15) is 0 Å². The Morgan fingerprint density at radius 2 is 1.22 bits per heavy atom. The van der Waals surface area contributed by atoms with Gasteiger partial charge in [-0.25, -0.2) is 4.98 Å². The summed E-state index contributed by atoms with van der Waals surface area (Å²) < 4.78 is 8.79. The summed E-state index contributed by atoms with van der Waals surface area (Å²) in [6.07, 6.45) is 0. The first kappa shape index (κ1) is 25.8. The van der Waals surface area contributed by atoms with Crippen LogP contribution in [0.15, 0.2) is 162 Å². The van der Waals surface area contributed by atoms with Crippen molar-refractivity contribution in [3.63, 3.8) is 0 Å². The van der Waals surface area contributed by atoms with Gasteiger partial charge in [0.1, 0.15) is 5.52 Å². The molecule has 3 nitrogen and oxygen atoms in total. The molecule has 9 aromatic rings. The molecule has 0 fully saturated rings. The van der Waals surface area contributed by atoms with Crippen molar-refractivity contribution < 1.29 is 4.42 Å². The fraction of sp³-hybridized carbons (Fsp3) is 0. The average molecular weight is 595 g/mol. The number of rotatable bonds is 5. The van der Waals surface area contributed by atoms with Crippen molar-refractivity contribution in [2.75, 3.05) is 4.90 Å². The zero-order valence-corrected chi connectivity index (χ0v) is 25.0. The highest BCUT2D eigenvalue weighted by Gasteiger charge is 2.17. The fourth-order valence-electron chi connectivity index (χ4n) is 6.38. The van der Waals surface area contributed by atoms with Gasteiger partial charge in [-0.1, -0.05) is 84.9 Å². The normalized spacial score (nSPS) is 11.6. The number of thiophene rings is 1. The largest absolute Gasteiger partial charge is 0.436 e. The molecule has 0 saturated carbocycles. The fourth-order valence-corrected chi connectivity index (χ4v) is 7.51. The molecule has 0 saturated heterocycles. The van der Waals surface area contributed by atoms with Crippen molar-refractivity contribution in [1.82, 2.24) is 4.98 Å². The smallest absolute Gasteiger partial charge is 0.227 e. The Morgan fingerprint density at radius 1 is 0.511 bits per heavy atom. The second kappa shape index (κ2) is 10.5. The molecule has 0 unspecified atom stereocenters. The number of aromatic nitrogens is 1. The molecule has 45 heavy (non-hydrogen) atoms. The number of benzene rings is 7. The summed E-state index contributed by atoms with van der Waals surface area (Å²) in [6, 6.07) is 55.6. The zero-order valence-electron chi connectivity index (χ0n) is 24.2. The third-order valence-electron chi connectivity index (χ3n) is 8.49. The van der Waals surface area contributed by atoms with Crippen molar-refractivity contribution in [2.24, 2.45) is 0 Å². The maximum absolute atomic E-state index is 6.15. The van der Waals surface area contributed by atoms with Crippen LogP contribution in [0.5, 0.6) is 0 Å². The molecule has 0 radical (unpaired) electrons. The molecule has 9 rings (SSSR count). The second-order valence-electron chi connectivity index (χ2n) is 11.2. The second-order valence-corrected chi connectivity index (χ2v) is 12.3. The van der Waals surface area contributed by atoms with Crippen LogP contribution in [0.25, 0.3) is 64.6 Å². The highest BCUT2D eigenvalue weighted by atomic mass is 32.1. The van der Waals surface area contributed by atoms with Crippen molar-refractivity contribution in [1.29, 1.82) is 0 Å². The summed E-state index contributed by atoms with van der Waals surface area (Å²) >= 11 is 1.86. The predicted octanol–water partition coefficient (Wildman–Crippen LogP) is 12.2. The Kier molecular flexibility index (Phi) is 6.00. The molecule has 0 aliphatic heterocycles. The lowest BCUT2D eigenvalue weighted by Crippen LogP contribution is -2.09. The van der Waals surface area contributed by atoms with Gasteiger partial charge in [0, 0.05) is 48.2 Å². The Balaban J connectivity index is 1.14. The Morgan fingerprint density at radius 3 is 2.07 bits per heavy atom. The van der Waals surface area contributed by atoms with Gasteiger partial charge in [0.15, 0.2) is 5.58 Å². The lowest BCUT2D eigenvalue weighted by atomic mass is 9.99. The van der Waals surface area contributed by atoms with Crippen LogP contribution in [-0.4, -0.2) is 4.98 Å². The lowest BCUT2D eigenvalue weighted by Gasteiger charge is -2.26. The molecule has 0 amide bonds. The van der Waals surface area contributed by atoms with Gasteiger partial charge in [0.25, 0.3) is 0 Å². The summed E-state index contributed by atoms with van der Waals surface area (Å²) in [5.74, 6) is 0.638. The molecule has 212 valence electrons. The molecule has 4 heteroatoms. The number of para-hydroxylation sites is 1. The molecular weight excluding hydrogens is 569 g/mol. The van der Waals surface area contributed by atoms with E-state index in [1.807, 2.05) is 47.7 Å². The number of fused-ring (bicyclic) bond motifs is 6. The van der Waals surface area contributed by atoms with E-state index < -0.39 is 0 Å². The molecule has 0 aliphatic carbocycles. The van der Waals surface area contributed by atoms with Crippen LogP contribution >= 0.6 is 11.3 Å². The minimum atomic E-state index is 0.638. The maximum Gasteiger partial charge on any atom is 0.227 e. The molecule has 2 aromatic heterocycles. The maximum atomic E-state index is 6.15. The molecule has 7 aromatic carbocycles. The van der Waals surface area contributed by atoms with Gasteiger partial charge in [-0.2, -0.15) is 0 Å². The molecule has 0 N–H and O–H groups in total. The van der Waals surface area contributed by atoms with Crippen LogP contribution in [-0.2, 0) is 0 Å². The third-order valence-corrected chi connectivity index (χ3v) is 9.63. The summed E-state index contributed by atoms with van der Waals surface area (Å²) in [6.45, 7) is 0. The first-order chi connectivity index (χ1) is 22.3. The van der Waals surface area contributed by atoms with E-state index in [0.717, 1.165) is 44.5 Å². The van der Waals surface area contributed by atoms with Gasteiger partial charge < -0.3 is 9.32 Å². The van der Waals surface area contributed by atoms with Gasteiger partial charge in [-0.05, 0) is 89.3 Å². The Hall–Kier alpha value is -5.71. The summed E-state index contributed by atoms with van der Waals surface area (Å²) in [4.78, 5) is 7.21. The molecular formula is C41H26N2OS. The van der Waals surface area contributed by atoms with Crippen molar-refractivity contribution >= 4 is 70.4 Å². The van der Waals surface area contributed by atoms with Crippen LogP contribution in [0.1, 0.15) is 0 Å². The van der Waals surface area contributed by atoms with Crippen LogP contribution < -0.4 is 4.90 Å². The van der Waals surface area contributed by atoms with E-state index in [1.54, 1.807) is 0 Å². The monoisotopic (exact) mass is 594 g/mol. The first-order valence-electron chi connectivity index (χ1n) is 15.0. The minimum Gasteiger partial charge on any atom is -0.436 e. The zero-order chi connectivity index (χ0) is 29.7. The van der Waals surface area contributed by atoms with E-state index in [-0.39, 0.29) is 0 Å². The predicted molar refractivity (Wildman–Crippen MR) is 190 cm³/mol. The van der Waals surface area contributed by atoms with E-state index in [2.05, 4.69) is 126 Å². The topological polar surface area (TPSA) is 29.3 Å². The lowest BCUT2D eigenvalue weighted by molar-refractivity contribution is 0.620. The van der Waals surface area contributed by atoms with Crippen LogP contribution in [0.3, 0.4) is 0 Å². The van der Waals surface area contributed by atoms with Gasteiger partial charge in [0.05, 0.1) is 0 Å². The van der Waals surface area contributed by atoms with Crippen molar-refractivity contribution in [3.8, 4) is 22.6 Å². The summed E-state index contributed by atoms with van der Waals surface area (Å²) in [5.41, 5.74) is 8.40. The number of hydrogen-bond donors (Lipinski definition) is 0. The third kappa shape index (κ3) is 4.38. The number of anilines is 3. The van der Waals surface area contributed by atoms with E-state index in [4.69, 9.17) is 9.40 Å². The highest BCUT2D eigenvalue weighted by molar-refractivity contribution is 7.25. The van der Waals surface area contributed by atoms with Gasteiger partial charge in [-0.3, -0.25) is 0 Å². The summed E-state index contributed by atoms with van der Waals surface area (Å²) in [7, 11) is 0. The SMILES string of the molecule is c1ccc(-c2nc3c(ccc4cc(N(c5ccccc5)c5ccc(-c6cccc7sc8ccccc8c67)cc5)ccc43)o2)cc1. The van der Waals surface area contributed by atoms with Crippen molar-refractivity contribution in [3.05, 3.63) is 158 Å². The molecule has 0 atom stereocenters. The highest BCUT2D eigenvalue weighted by Crippen LogP contribution is 2.42. The van der Waals surface area contributed by atoms with Crippen molar-refractivity contribution in [2.45, 2.75) is 0 Å². The summed E-state index contributed by atoms with van der Waals surface area (Å²) in [5, 5.41) is 4.83. The molecule has 0 spiro atoms.